The first kappa shape index (κ1) is 17.3. The maximum Gasteiger partial charge on any atom is 0.0135 e. The Morgan fingerprint density at radius 2 is 1.50 bits per heavy atom. The Morgan fingerprint density at radius 1 is 0.750 bits per heavy atom. The highest BCUT2D eigenvalue weighted by Crippen LogP contribution is 2.47. The zero-order valence-electron chi connectivity index (χ0n) is 16.6. The molecule has 6 fully saturated rings. The Morgan fingerprint density at radius 3 is 2.17 bits per heavy atom. The van der Waals surface area contributed by atoms with E-state index in [0.29, 0.717) is 0 Å². The van der Waals surface area contributed by atoms with Gasteiger partial charge < -0.3 is 0 Å². The molecule has 2 nitrogen and oxygen atoms in total. The molecule has 0 radical (unpaired) electrons. The normalized spacial score (nSPS) is 44.2. The smallest absolute Gasteiger partial charge is 0.0135 e. The van der Waals surface area contributed by atoms with E-state index in [-0.39, 0.29) is 0 Å². The molecule has 2 saturated carbocycles. The highest BCUT2D eigenvalue weighted by Gasteiger charge is 2.47. The standard InChI is InChI=1S/C22H40N2/c1-15(2)23-14-18-6-5-7-20(23)13-21(18)22-12-17-8-10-19(11-9-17)24(22)16(3)4/h15-22H,5-14H2,1-4H3. The Kier molecular flexibility index (Phi) is 4.99. The monoisotopic (exact) mass is 332 g/mol. The summed E-state index contributed by atoms with van der Waals surface area (Å²) < 4.78 is 0. The molecule has 4 heterocycles. The minimum Gasteiger partial charge on any atom is -0.298 e. The summed E-state index contributed by atoms with van der Waals surface area (Å²) in [7, 11) is 0. The van der Waals surface area contributed by atoms with Crippen LogP contribution in [0.3, 0.4) is 0 Å². The van der Waals surface area contributed by atoms with Crippen LogP contribution in [0.1, 0.15) is 85.5 Å². The fraction of sp³-hybridized carbons (Fsp3) is 1.00. The van der Waals surface area contributed by atoms with Crippen molar-refractivity contribution in [3.05, 3.63) is 0 Å². The van der Waals surface area contributed by atoms with Crippen LogP contribution in [0, 0.1) is 17.8 Å². The van der Waals surface area contributed by atoms with Gasteiger partial charge in [-0.05, 0) is 96.8 Å². The van der Waals surface area contributed by atoms with Gasteiger partial charge in [-0.15, -0.1) is 0 Å². The van der Waals surface area contributed by atoms with Crippen LogP contribution < -0.4 is 0 Å². The van der Waals surface area contributed by atoms with Crippen LogP contribution in [0.2, 0.25) is 0 Å². The van der Waals surface area contributed by atoms with Gasteiger partial charge in [0.05, 0.1) is 0 Å². The predicted octanol–water partition coefficient (Wildman–Crippen LogP) is 4.93. The van der Waals surface area contributed by atoms with Crippen molar-refractivity contribution < 1.29 is 0 Å². The summed E-state index contributed by atoms with van der Waals surface area (Å²) in [6.45, 7) is 11.2. The van der Waals surface area contributed by atoms with Crippen molar-refractivity contribution in [1.29, 1.82) is 0 Å². The van der Waals surface area contributed by atoms with E-state index in [1.54, 1.807) is 0 Å². The Bertz CT molecular complexity index is 424. The molecule has 0 amide bonds. The van der Waals surface area contributed by atoms with Crippen molar-refractivity contribution in [1.82, 2.24) is 9.80 Å². The van der Waals surface area contributed by atoms with Gasteiger partial charge in [-0.25, -0.2) is 0 Å². The van der Waals surface area contributed by atoms with Crippen LogP contribution in [0.25, 0.3) is 0 Å². The maximum absolute atomic E-state index is 3.03. The highest BCUT2D eigenvalue weighted by molar-refractivity contribution is 5.01. The lowest BCUT2D eigenvalue weighted by Gasteiger charge is -2.50. The molecule has 0 aromatic heterocycles. The van der Waals surface area contributed by atoms with E-state index in [0.717, 1.165) is 48.0 Å². The Balaban J connectivity index is 1.60. The van der Waals surface area contributed by atoms with Gasteiger partial charge in [0, 0.05) is 36.8 Å². The maximum atomic E-state index is 3.03. The quantitative estimate of drug-likeness (QED) is 0.723. The molecule has 0 N–H and O–H groups in total. The molecule has 2 heteroatoms. The summed E-state index contributed by atoms with van der Waals surface area (Å²) >= 11 is 0. The Hall–Kier alpha value is -0.0800. The van der Waals surface area contributed by atoms with E-state index in [1.807, 2.05) is 0 Å². The highest BCUT2D eigenvalue weighted by atomic mass is 15.2. The minimum atomic E-state index is 0.736. The predicted molar refractivity (Wildman–Crippen MR) is 102 cm³/mol. The van der Waals surface area contributed by atoms with Crippen molar-refractivity contribution in [2.24, 2.45) is 17.8 Å². The molecule has 6 rings (SSSR count). The van der Waals surface area contributed by atoms with E-state index in [9.17, 15) is 0 Å². The van der Waals surface area contributed by atoms with Gasteiger partial charge in [-0.1, -0.05) is 6.42 Å². The van der Waals surface area contributed by atoms with Gasteiger partial charge in [0.15, 0.2) is 0 Å². The molecule has 0 aromatic rings. The lowest BCUT2D eigenvalue weighted by molar-refractivity contribution is -0.0150. The summed E-state index contributed by atoms with van der Waals surface area (Å²) in [5, 5.41) is 0. The topological polar surface area (TPSA) is 6.48 Å². The number of fused-ring (bicyclic) bond motifs is 9. The first-order valence-electron chi connectivity index (χ1n) is 11.1. The number of hydrogen-bond acceptors (Lipinski definition) is 2. The van der Waals surface area contributed by atoms with Crippen molar-refractivity contribution in [3.8, 4) is 0 Å². The van der Waals surface area contributed by atoms with Crippen molar-refractivity contribution >= 4 is 0 Å². The van der Waals surface area contributed by atoms with Gasteiger partial charge >= 0.3 is 0 Å². The van der Waals surface area contributed by atoms with Crippen LogP contribution in [0.15, 0.2) is 0 Å². The average molecular weight is 333 g/mol. The van der Waals surface area contributed by atoms with Crippen molar-refractivity contribution in [2.75, 3.05) is 6.54 Å². The summed E-state index contributed by atoms with van der Waals surface area (Å²) in [6.07, 6.45) is 13.5. The fourth-order valence-electron chi connectivity index (χ4n) is 7.12. The third-order valence-electron chi connectivity index (χ3n) is 8.13. The van der Waals surface area contributed by atoms with Gasteiger partial charge in [0.2, 0.25) is 0 Å². The lowest BCUT2D eigenvalue weighted by Crippen LogP contribution is -2.56. The van der Waals surface area contributed by atoms with Crippen LogP contribution in [0.5, 0.6) is 0 Å². The SMILES string of the molecule is CC(C)N1CC2CCCC1CC2C1CC2CCC(CC2)N1C(C)C. The van der Waals surface area contributed by atoms with Crippen molar-refractivity contribution in [2.45, 2.75) is 116 Å². The molecule has 2 aliphatic carbocycles. The molecule has 4 unspecified atom stereocenters. The van der Waals surface area contributed by atoms with Gasteiger partial charge in [-0.3, -0.25) is 9.80 Å². The van der Waals surface area contributed by atoms with E-state index in [1.165, 1.54) is 64.3 Å². The largest absolute Gasteiger partial charge is 0.298 e. The van der Waals surface area contributed by atoms with Gasteiger partial charge in [-0.2, -0.15) is 0 Å². The molecule has 138 valence electrons. The second-order valence-electron chi connectivity index (χ2n) is 10.1. The van der Waals surface area contributed by atoms with Gasteiger partial charge in [0.1, 0.15) is 0 Å². The molecule has 6 aliphatic rings. The van der Waals surface area contributed by atoms with Crippen LogP contribution >= 0.6 is 0 Å². The third kappa shape index (κ3) is 3.07. The number of nitrogens with zero attached hydrogens (tertiary/aromatic N) is 2. The third-order valence-corrected chi connectivity index (χ3v) is 8.13. The number of hydrogen-bond donors (Lipinski definition) is 0. The summed E-state index contributed by atoms with van der Waals surface area (Å²) in [6, 6.07) is 4.15. The minimum absolute atomic E-state index is 0.736. The molecule has 24 heavy (non-hydrogen) atoms. The second kappa shape index (κ2) is 6.91. The van der Waals surface area contributed by atoms with E-state index in [2.05, 4.69) is 37.5 Å². The summed E-state index contributed by atoms with van der Waals surface area (Å²) in [5.74, 6) is 2.99. The second-order valence-corrected chi connectivity index (χ2v) is 10.1. The van der Waals surface area contributed by atoms with E-state index in [4.69, 9.17) is 0 Å². The molecular formula is C22H40N2. The lowest BCUT2D eigenvalue weighted by atomic mass is 9.74. The summed E-state index contributed by atoms with van der Waals surface area (Å²) in [4.78, 5) is 5.89. The van der Waals surface area contributed by atoms with Crippen molar-refractivity contribution in [3.63, 3.8) is 0 Å². The van der Waals surface area contributed by atoms with Crippen LogP contribution in [0.4, 0.5) is 0 Å². The number of rotatable bonds is 3. The molecule has 0 aromatic carbocycles. The molecule has 4 saturated heterocycles. The van der Waals surface area contributed by atoms with Crippen LogP contribution in [-0.4, -0.2) is 46.6 Å². The Labute approximate surface area is 150 Å². The van der Waals surface area contributed by atoms with Crippen LogP contribution in [-0.2, 0) is 0 Å². The molecule has 4 aliphatic heterocycles. The summed E-state index contributed by atoms with van der Waals surface area (Å²) in [5.41, 5.74) is 0. The fourth-order valence-corrected chi connectivity index (χ4v) is 7.12. The first-order chi connectivity index (χ1) is 11.5. The zero-order valence-corrected chi connectivity index (χ0v) is 16.6. The zero-order chi connectivity index (χ0) is 16.8. The molecule has 4 bridgehead atoms. The molecular weight excluding hydrogens is 292 g/mol. The number of piperidine rings is 1. The van der Waals surface area contributed by atoms with Gasteiger partial charge in [0.25, 0.3) is 0 Å². The molecule has 0 spiro atoms. The van der Waals surface area contributed by atoms with E-state index >= 15 is 0 Å². The molecule has 4 atom stereocenters. The first-order valence-corrected chi connectivity index (χ1v) is 11.1. The van der Waals surface area contributed by atoms with E-state index < -0.39 is 0 Å². The average Bonchev–Trinajstić information content (AvgIpc) is 3.02.